The highest BCUT2D eigenvalue weighted by Gasteiger charge is 2.30. The highest BCUT2D eigenvalue weighted by molar-refractivity contribution is 5.86. The van der Waals surface area contributed by atoms with Gasteiger partial charge < -0.3 is 15.2 Å². The summed E-state index contributed by atoms with van der Waals surface area (Å²) in [4.78, 5) is 32.3. The van der Waals surface area contributed by atoms with Crippen molar-refractivity contribution in [3.05, 3.63) is 0 Å². The molecule has 1 saturated heterocycles. The first-order valence-electron chi connectivity index (χ1n) is 4.69. The van der Waals surface area contributed by atoms with Crippen LogP contribution in [0.15, 0.2) is 0 Å². The van der Waals surface area contributed by atoms with Crippen molar-refractivity contribution in [3.63, 3.8) is 0 Å². The summed E-state index contributed by atoms with van der Waals surface area (Å²) in [5.74, 6) is -2.57. The van der Waals surface area contributed by atoms with Crippen LogP contribution in [-0.4, -0.2) is 35.6 Å². The number of esters is 2. The van der Waals surface area contributed by atoms with Gasteiger partial charge >= 0.3 is 17.9 Å². The zero-order chi connectivity index (χ0) is 11.4. The Kier molecular flexibility index (Phi) is 3.79. The van der Waals surface area contributed by atoms with Crippen molar-refractivity contribution in [2.75, 3.05) is 6.54 Å². The standard InChI is InChI=1S/C9H13NO5/c1-5(11)15-9(14)6-2-3-7(8(12)13)10-4-6/h6-7,10H,2-4H2,1H3,(H,12,13). The number of piperidine rings is 1. The molecule has 2 atom stereocenters. The van der Waals surface area contributed by atoms with Crippen LogP contribution in [0, 0.1) is 5.92 Å². The van der Waals surface area contributed by atoms with E-state index < -0.39 is 29.9 Å². The van der Waals surface area contributed by atoms with Gasteiger partial charge in [0, 0.05) is 13.5 Å². The molecule has 0 spiro atoms. The van der Waals surface area contributed by atoms with Gasteiger partial charge in [-0.05, 0) is 12.8 Å². The van der Waals surface area contributed by atoms with Crippen LogP contribution in [0.5, 0.6) is 0 Å². The molecule has 0 saturated carbocycles. The van der Waals surface area contributed by atoms with E-state index in [1.165, 1.54) is 0 Å². The number of nitrogens with one attached hydrogen (secondary N) is 1. The molecule has 1 rings (SSSR count). The molecule has 0 radical (unpaired) electrons. The summed E-state index contributed by atoms with van der Waals surface area (Å²) in [6.07, 6.45) is 0.795. The highest BCUT2D eigenvalue weighted by atomic mass is 16.6. The van der Waals surface area contributed by atoms with Gasteiger partial charge in [-0.15, -0.1) is 0 Å². The molecule has 0 aliphatic carbocycles. The summed E-state index contributed by atoms with van der Waals surface area (Å²) in [5.41, 5.74) is 0. The van der Waals surface area contributed by atoms with E-state index in [9.17, 15) is 14.4 Å². The summed E-state index contributed by atoms with van der Waals surface area (Å²) in [6, 6.07) is -0.605. The molecule has 1 aliphatic heterocycles. The topological polar surface area (TPSA) is 92.7 Å². The number of rotatable bonds is 2. The Morgan fingerprint density at radius 2 is 2.00 bits per heavy atom. The number of carboxylic acid groups (broad SMARTS) is 1. The lowest BCUT2D eigenvalue weighted by Gasteiger charge is -2.25. The average Bonchev–Trinajstić information content (AvgIpc) is 2.17. The zero-order valence-corrected chi connectivity index (χ0v) is 8.36. The number of carbonyl (C=O) groups is 3. The van der Waals surface area contributed by atoms with Gasteiger partial charge in [0.05, 0.1) is 5.92 Å². The summed E-state index contributed by atoms with van der Waals surface area (Å²) < 4.78 is 4.42. The largest absolute Gasteiger partial charge is 0.480 e. The second-order valence-electron chi connectivity index (χ2n) is 3.49. The minimum Gasteiger partial charge on any atom is -0.480 e. The zero-order valence-electron chi connectivity index (χ0n) is 8.36. The van der Waals surface area contributed by atoms with Gasteiger partial charge in [0.25, 0.3) is 0 Å². The molecule has 1 aliphatic rings. The van der Waals surface area contributed by atoms with E-state index in [2.05, 4.69) is 10.1 Å². The van der Waals surface area contributed by atoms with E-state index in [-0.39, 0.29) is 6.54 Å². The summed E-state index contributed by atoms with van der Waals surface area (Å²) in [5, 5.41) is 11.4. The smallest absolute Gasteiger partial charge is 0.320 e. The molecular formula is C9H13NO5. The molecule has 0 aromatic carbocycles. The SMILES string of the molecule is CC(=O)OC(=O)C1CCC(C(=O)O)NC1. The lowest BCUT2D eigenvalue weighted by Crippen LogP contribution is -2.46. The predicted molar refractivity (Wildman–Crippen MR) is 48.9 cm³/mol. The van der Waals surface area contributed by atoms with Crippen LogP contribution in [0.3, 0.4) is 0 Å². The van der Waals surface area contributed by atoms with Gasteiger partial charge in [-0.25, -0.2) is 0 Å². The normalized spacial score (nSPS) is 25.7. The van der Waals surface area contributed by atoms with Crippen LogP contribution in [0.4, 0.5) is 0 Å². The first-order valence-corrected chi connectivity index (χ1v) is 4.69. The summed E-state index contributed by atoms with van der Waals surface area (Å²) >= 11 is 0. The van der Waals surface area contributed by atoms with Crippen LogP contribution < -0.4 is 5.32 Å². The lowest BCUT2D eigenvalue weighted by atomic mass is 9.95. The third-order valence-corrected chi connectivity index (χ3v) is 2.29. The molecule has 2 unspecified atom stereocenters. The van der Waals surface area contributed by atoms with E-state index in [1.807, 2.05) is 0 Å². The molecule has 1 fully saturated rings. The number of hydrogen-bond acceptors (Lipinski definition) is 5. The molecule has 0 aromatic rings. The van der Waals surface area contributed by atoms with Crippen LogP contribution in [-0.2, 0) is 19.1 Å². The van der Waals surface area contributed by atoms with Crippen molar-refractivity contribution in [1.82, 2.24) is 5.32 Å². The first kappa shape index (κ1) is 11.6. The van der Waals surface area contributed by atoms with Gasteiger partial charge in [-0.2, -0.15) is 0 Å². The van der Waals surface area contributed by atoms with Gasteiger partial charge in [0.2, 0.25) is 0 Å². The van der Waals surface area contributed by atoms with Crippen molar-refractivity contribution in [2.24, 2.45) is 5.92 Å². The quantitative estimate of drug-likeness (QED) is 0.478. The minimum absolute atomic E-state index is 0.239. The molecule has 15 heavy (non-hydrogen) atoms. The Morgan fingerprint density at radius 3 is 2.40 bits per heavy atom. The van der Waals surface area contributed by atoms with E-state index >= 15 is 0 Å². The Morgan fingerprint density at radius 1 is 1.33 bits per heavy atom. The fourth-order valence-corrected chi connectivity index (χ4v) is 1.49. The maximum Gasteiger partial charge on any atom is 0.320 e. The van der Waals surface area contributed by atoms with Gasteiger partial charge in [0.15, 0.2) is 0 Å². The van der Waals surface area contributed by atoms with Gasteiger partial charge in [-0.3, -0.25) is 14.4 Å². The minimum atomic E-state index is -0.923. The monoisotopic (exact) mass is 215 g/mol. The molecule has 2 N–H and O–H groups in total. The Hall–Kier alpha value is -1.43. The van der Waals surface area contributed by atoms with Crippen LogP contribution in [0.2, 0.25) is 0 Å². The molecule has 84 valence electrons. The summed E-state index contributed by atoms with van der Waals surface area (Å²) in [7, 11) is 0. The highest BCUT2D eigenvalue weighted by Crippen LogP contribution is 2.15. The van der Waals surface area contributed by atoms with Crippen molar-refractivity contribution >= 4 is 17.9 Å². The predicted octanol–water partition coefficient (Wildman–Crippen LogP) is -0.471. The molecule has 0 amide bonds. The van der Waals surface area contributed by atoms with Crippen molar-refractivity contribution < 1.29 is 24.2 Å². The molecular weight excluding hydrogens is 202 g/mol. The number of ether oxygens (including phenoxy) is 1. The Balaban J connectivity index is 2.40. The number of aliphatic carboxylic acids is 1. The van der Waals surface area contributed by atoms with E-state index in [4.69, 9.17) is 5.11 Å². The molecule has 0 aromatic heterocycles. The molecule has 6 heteroatoms. The molecule has 1 heterocycles. The maximum absolute atomic E-state index is 11.3. The number of carbonyl (C=O) groups excluding carboxylic acids is 2. The molecule has 6 nitrogen and oxygen atoms in total. The van der Waals surface area contributed by atoms with Crippen LogP contribution in [0.1, 0.15) is 19.8 Å². The number of hydrogen-bond donors (Lipinski definition) is 2. The fraction of sp³-hybridized carbons (Fsp3) is 0.667. The molecule has 0 bridgehead atoms. The first-order chi connectivity index (χ1) is 7.00. The van der Waals surface area contributed by atoms with Crippen LogP contribution in [0.25, 0.3) is 0 Å². The Bertz CT molecular complexity index is 280. The maximum atomic E-state index is 11.3. The number of carboxylic acids is 1. The van der Waals surface area contributed by atoms with Gasteiger partial charge in [-0.1, -0.05) is 0 Å². The summed E-state index contributed by atoms with van der Waals surface area (Å²) in [6.45, 7) is 1.40. The third kappa shape index (κ3) is 3.32. The van der Waals surface area contributed by atoms with E-state index in [1.54, 1.807) is 0 Å². The van der Waals surface area contributed by atoms with Crippen molar-refractivity contribution in [2.45, 2.75) is 25.8 Å². The van der Waals surface area contributed by atoms with Gasteiger partial charge in [0.1, 0.15) is 6.04 Å². The lowest BCUT2D eigenvalue weighted by molar-refractivity contribution is -0.162. The fourth-order valence-electron chi connectivity index (χ4n) is 1.49. The second-order valence-corrected chi connectivity index (χ2v) is 3.49. The second kappa shape index (κ2) is 4.88. The van der Waals surface area contributed by atoms with E-state index in [0.717, 1.165) is 6.92 Å². The van der Waals surface area contributed by atoms with E-state index in [0.29, 0.717) is 12.8 Å². The average molecular weight is 215 g/mol. The Labute approximate surface area is 86.6 Å². The van der Waals surface area contributed by atoms with Crippen molar-refractivity contribution in [1.29, 1.82) is 0 Å². The van der Waals surface area contributed by atoms with Crippen LogP contribution >= 0.6 is 0 Å². The third-order valence-electron chi connectivity index (χ3n) is 2.29. The van der Waals surface area contributed by atoms with Crippen molar-refractivity contribution in [3.8, 4) is 0 Å².